The first-order valence-electron chi connectivity index (χ1n) is 10.1. The van der Waals surface area contributed by atoms with E-state index in [-0.39, 0.29) is 18.0 Å². The summed E-state index contributed by atoms with van der Waals surface area (Å²) in [7, 11) is 0. The van der Waals surface area contributed by atoms with Crippen molar-refractivity contribution in [2.45, 2.75) is 45.3 Å². The highest BCUT2D eigenvalue weighted by Crippen LogP contribution is 2.31. The Balaban J connectivity index is 1.49. The molecule has 31 heavy (non-hydrogen) atoms. The number of imidazole rings is 1. The molecule has 1 saturated heterocycles. The molecule has 0 saturated carbocycles. The van der Waals surface area contributed by atoms with Gasteiger partial charge in [-0.1, -0.05) is 0 Å². The Morgan fingerprint density at radius 3 is 2.84 bits per heavy atom. The lowest BCUT2D eigenvalue weighted by Crippen LogP contribution is -2.50. The number of H-pyrrole nitrogens is 1. The van der Waals surface area contributed by atoms with Gasteiger partial charge in [0.15, 0.2) is 5.65 Å². The Kier molecular flexibility index (Phi) is 6.02. The SMILES string of the molecule is CC(C)(C)OC(=O)N1CCCC(NC(=O)c2ccnc3[nH]c(-c4ccc(Br)s4)nc23)C1. The normalized spacial score (nSPS) is 17.0. The summed E-state index contributed by atoms with van der Waals surface area (Å²) in [6, 6.07) is 5.43. The van der Waals surface area contributed by atoms with E-state index in [1.807, 2.05) is 32.9 Å². The molecule has 4 heterocycles. The number of aromatic nitrogens is 3. The van der Waals surface area contributed by atoms with Crippen LogP contribution >= 0.6 is 27.3 Å². The third-order valence-electron chi connectivity index (χ3n) is 4.84. The molecule has 2 N–H and O–H groups in total. The molecule has 8 nitrogen and oxygen atoms in total. The van der Waals surface area contributed by atoms with Gasteiger partial charge in [-0.3, -0.25) is 4.79 Å². The lowest BCUT2D eigenvalue weighted by molar-refractivity contribution is 0.0185. The molecule has 1 atom stereocenters. The Morgan fingerprint density at radius 2 is 2.13 bits per heavy atom. The molecular weight excluding hydrogens is 482 g/mol. The molecule has 3 aromatic rings. The number of fused-ring (bicyclic) bond motifs is 1. The standard InChI is InChI=1S/C21H24BrN5O3S/c1-21(2,3)30-20(29)27-10-4-5-12(11-27)24-19(28)13-8-9-23-18-16(13)25-17(26-18)14-6-7-15(22)31-14/h6-9,12H,4-5,10-11H2,1-3H3,(H,24,28)(H,23,25,26). The van der Waals surface area contributed by atoms with E-state index in [1.54, 1.807) is 28.5 Å². The summed E-state index contributed by atoms with van der Waals surface area (Å²) >= 11 is 5.01. The number of pyridine rings is 1. The highest BCUT2D eigenvalue weighted by Gasteiger charge is 2.29. The molecule has 0 radical (unpaired) electrons. The molecule has 10 heteroatoms. The van der Waals surface area contributed by atoms with Crippen molar-refractivity contribution in [2.75, 3.05) is 13.1 Å². The van der Waals surface area contributed by atoms with Gasteiger partial charge in [-0.15, -0.1) is 11.3 Å². The largest absolute Gasteiger partial charge is 0.444 e. The summed E-state index contributed by atoms with van der Waals surface area (Å²) in [5, 5.41) is 3.05. The third kappa shape index (κ3) is 5.07. The number of hydrogen-bond donors (Lipinski definition) is 2. The van der Waals surface area contributed by atoms with Gasteiger partial charge in [0, 0.05) is 25.3 Å². The molecule has 0 spiro atoms. The van der Waals surface area contributed by atoms with Crippen LogP contribution in [-0.2, 0) is 4.74 Å². The molecule has 0 aliphatic carbocycles. The summed E-state index contributed by atoms with van der Waals surface area (Å²) in [6.07, 6.45) is 2.85. The minimum absolute atomic E-state index is 0.149. The van der Waals surface area contributed by atoms with Crippen LogP contribution in [0, 0.1) is 0 Å². The van der Waals surface area contributed by atoms with Gasteiger partial charge in [-0.05, 0) is 67.7 Å². The van der Waals surface area contributed by atoms with Gasteiger partial charge in [-0.2, -0.15) is 0 Å². The number of ether oxygens (including phenoxy) is 1. The van der Waals surface area contributed by atoms with Crippen molar-refractivity contribution in [3.63, 3.8) is 0 Å². The van der Waals surface area contributed by atoms with Crippen LogP contribution in [0.3, 0.4) is 0 Å². The zero-order valence-corrected chi connectivity index (χ0v) is 20.0. The molecule has 1 fully saturated rings. The van der Waals surface area contributed by atoms with E-state index in [0.29, 0.717) is 35.6 Å². The van der Waals surface area contributed by atoms with Crippen LogP contribution in [-0.4, -0.2) is 56.6 Å². The number of nitrogens with one attached hydrogen (secondary N) is 2. The summed E-state index contributed by atoms with van der Waals surface area (Å²) in [4.78, 5) is 40.2. The minimum atomic E-state index is -0.550. The van der Waals surface area contributed by atoms with Crippen LogP contribution in [0.1, 0.15) is 44.0 Å². The van der Waals surface area contributed by atoms with E-state index >= 15 is 0 Å². The van der Waals surface area contributed by atoms with Crippen molar-refractivity contribution >= 4 is 50.4 Å². The topological polar surface area (TPSA) is 100 Å². The first kappa shape index (κ1) is 21.8. The molecule has 1 aliphatic heterocycles. The summed E-state index contributed by atoms with van der Waals surface area (Å²) in [5.41, 5.74) is 0.995. The van der Waals surface area contributed by atoms with Crippen molar-refractivity contribution in [1.82, 2.24) is 25.2 Å². The van der Waals surface area contributed by atoms with Gasteiger partial charge in [0.1, 0.15) is 16.9 Å². The molecule has 4 rings (SSSR count). The van der Waals surface area contributed by atoms with Gasteiger partial charge in [0.25, 0.3) is 5.91 Å². The number of thiophene rings is 1. The van der Waals surface area contributed by atoms with E-state index in [4.69, 9.17) is 4.74 Å². The van der Waals surface area contributed by atoms with Crippen LogP contribution in [0.4, 0.5) is 4.79 Å². The minimum Gasteiger partial charge on any atom is -0.444 e. The number of amides is 2. The van der Waals surface area contributed by atoms with Crippen molar-refractivity contribution in [1.29, 1.82) is 0 Å². The average Bonchev–Trinajstić information content (AvgIpc) is 3.32. The van der Waals surface area contributed by atoms with Crippen LogP contribution < -0.4 is 5.32 Å². The Bertz CT molecular complexity index is 1120. The first-order valence-corrected chi connectivity index (χ1v) is 11.7. The summed E-state index contributed by atoms with van der Waals surface area (Å²) in [5.74, 6) is 0.445. The van der Waals surface area contributed by atoms with Crippen molar-refractivity contribution in [3.05, 3.63) is 33.7 Å². The fourth-order valence-corrected chi connectivity index (χ4v) is 4.83. The van der Waals surface area contributed by atoms with Gasteiger partial charge >= 0.3 is 6.09 Å². The lowest BCUT2D eigenvalue weighted by Gasteiger charge is -2.34. The molecule has 0 aromatic carbocycles. The second-order valence-electron chi connectivity index (χ2n) is 8.48. The van der Waals surface area contributed by atoms with Crippen molar-refractivity contribution in [2.24, 2.45) is 0 Å². The molecule has 1 aliphatic rings. The monoisotopic (exact) mass is 505 g/mol. The number of nitrogens with zero attached hydrogens (tertiary/aromatic N) is 3. The number of rotatable bonds is 3. The summed E-state index contributed by atoms with van der Waals surface area (Å²) in [6.45, 7) is 6.57. The van der Waals surface area contributed by atoms with E-state index in [2.05, 4.69) is 36.2 Å². The number of halogens is 1. The Hall–Kier alpha value is -2.46. The maximum Gasteiger partial charge on any atom is 0.410 e. The van der Waals surface area contributed by atoms with Gasteiger partial charge in [0.05, 0.1) is 14.2 Å². The van der Waals surface area contributed by atoms with Crippen LogP contribution in [0.2, 0.25) is 0 Å². The lowest BCUT2D eigenvalue weighted by atomic mass is 10.1. The highest BCUT2D eigenvalue weighted by molar-refractivity contribution is 9.11. The summed E-state index contributed by atoms with van der Waals surface area (Å²) < 4.78 is 6.47. The zero-order valence-electron chi connectivity index (χ0n) is 17.6. The number of aromatic amines is 1. The van der Waals surface area contributed by atoms with Crippen molar-refractivity contribution in [3.8, 4) is 10.7 Å². The smallest absolute Gasteiger partial charge is 0.410 e. The predicted molar refractivity (Wildman–Crippen MR) is 123 cm³/mol. The number of carbonyl (C=O) groups excluding carboxylic acids is 2. The average molecular weight is 506 g/mol. The number of carbonyl (C=O) groups is 2. The number of hydrogen-bond acceptors (Lipinski definition) is 6. The molecule has 164 valence electrons. The number of likely N-dealkylation sites (tertiary alicyclic amines) is 1. The fraction of sp³-hybridized carbons (Fsp3) is 0.429. The maximum atomic E-state index is 13.0. The van der Waals surface area contributed by atoms with Crippen molar-refractivity contribution < 1.29 is 14.3 Å². The van der Waals surface area contributed by atoms with Crippen LogP contribution in [0.15, 0.2) is 28.2 Å². The molecule has 1 unspecified atom stereocenters. The van der Waals surface area contributed by atoms with E-state index < -0.39 is 5.60 Å². The molecule has 2 amide bonds. The highest BCUT2D eigenvalue weighted by atomic mass is 79.9. The fourth-order valence-electron chi connectivity index (χ4n) is 3.50. The van der Waals surface area contributed by atoms with Gasteiger partial charge in [0.2, 0.25) is 0 Å². The Labute approximate surface area is 192 Å². The molecule has 3 aromatic heterocycles. The Morgan fingerprint density at radius 1 is 1.32 bits per heavy atom. The molecular formula is C21H24BrN5O3S. The number of piperidine rings is 1. The van der Waals surface area contributed by atoms with Crippen LogP contribution in [0.25, 0.3) is 21.9 Å². The van der Waals surface area contributed by atoms with E-state index in [0.717, 1.165) is 21.5 Å². The predicted octanol–water partition coefficient (Wildman–Crippen LogP) is 4.58. The quantitative estimate of drug-likeness (QED) is 0.542. The first-order chi connectivity index (χ1) is 14.7. The van der Waals surface area contributed by atoms with Gasteiger partial charge < -0.3 is 19.9 Å². The van der Waals surface area contributed by atoms with Crippen LogP contribution in [0.5, 0.6) is 0 Å². The maximum absolute atomic E-state index is 13.0. The third-order valence-corrected chi connectivity index (χ3v) is 6.47. The zero-order chi connectivity index (χ0) is 22.2. The molecule has 0 bridgehead atoms. The van der Waals surface area contributed by atoms with E-state index in [1.165, 1.54) is 0 Å². The van der Waals surface area contributed by atoms with E-state index in [9.17, 15) is 9.59 Å². The second kappa shape index (κ2) is 8.58. The van der Waals surface area contributed by atoms with Gasteiger partial charge in [-0.25, -0.2) is 14.8 Å². The second-order valence-corrected chi connectivity index (χ2v) is 10.9.